The lowest BCUT2D eigenvalue weighted by molar-refractivity contribution is -0.137. The zero-order valence-corrected chi connectivity index (χ0v) is 20.4. The van der Waals surface area contributed by atoms with Gasteiger partial charge in [-0.05, 0) is 79.1 Å². The van der Waals surface area contributed by atoms with Gasteiger partial charge in [-0.25, -0.2) is 9.18 Å². The summed E-state index contributed by atoms with van der Waals surface area (Å²) in [6, 6.07) is 14.3. The van der Waals surface area contributed by atoms with E-state index in [2.05, 4.69) is 22.5 Å². The molecule has 3 aromatic carbocycles. The summed E-state index contributed by atoms with van der Waals surface area (Å²) in [5.74, 6) is -0.348. The minimum atomic E-state index is -4.47. The van der Waals surface area contributed by atoms with E-state index in [9.17, 15) is 22.4 Å². The highest BCUT2D eigenvalue weighted by Crippen LogP contribution is 2.32. The number of nitrogens with zero attached hydrogens (tertiary/aromatic N) is 1. The molecule has 0 aliphatic rings. The third kappa shape index (κ3) is 6.85. The molecule has 0 aromatic heterocycles. The lowest BCUT2D eigenvalue weighted by Gasteiger charge is -2.29. The number of anilines is 1. The zero-order chi connectivity index (χ0) is 25.8. The van der Waals surface area contributed by atoms with Crippen LogP contribution in [0, 0.1) is 5.82 Å². The number of hydrogen-bond donors (Lipinski definition) is 1. The second-order valence-electron chi connectivity index (χ2n) is 7.90. The van der Waals surface area contributed by atoms with E-state index < -0.39 is 29.7 Å². The van der Waals surface area contributed by atoms with Crippen molar-refractivity contribution in [3.05, 3.63) is 100 Å². The summed E-state index contributed by atoms with van der Waals surface area (Å²) in [6.07, 6.45) is -4.88. The molecule has 184 valence electrons. The Morgan fingerprint density at radius 3 is 2.31 bits per heavy atom. The zero-order valence-electron chi connectivity index (χ0n) is 18.8. The molecule has 35 heavy (non-hydrogen) atoms. The first kappa shape index (κ1) is 26.3. The van der Waals surface area contributed by atoms with Crippen molar-refractivity contribution in [1.29, 1.82) is 0 Å². The molecular formula is C26H23BrF4N2O2. The van der Waals surface area contributed by atoms with E-state index in [0.717, 1.165) is 28.7 Å². The van der Waals surface area contributed by atoms with Gasteiger partial charge >= 0.3 is 12.3 Å². The Morgan fingerprint density at radius 1 is 1.09 bits per heavy atom. The lowest BCUT2D eigenvalue weighted by atomic mass is 10.0. The van der Waals surface area contributed by atoms with Gasteiger partial charge in [0.05, 0.1) is 11.6 Å². The van der Waals surface area contributed by atoms with Crippen LogP contribution in [0.4, 0.5) is 28.0 Å². The highest BCUT2D eigenvalue weighted by atomic mass is 79.9. The van der Waals surface area contributed by atoms with E-state index in [1.807, 2.05) is 6.07 Å². The number of carbonyl (C=O) groups is 1. The summed E-state index contributed by atoms with van der Waals surface area (Å²) in [5.41, 5.74) is 7.67. The van der Waals surface area contributed by atoms with Gasteiger partial charge < -0.3 is 15.4 Å². The molecule has 4 nitrogen and oxygen atoms in total. The maximum absolute atomic E-state index is 13.2. The van der Waals surface area contributed by atoms with Gasteiger partial charge in [-0.3, -0.25) is 0 Å². The number of benzene rings is 3. The fourth-order valence-corrected chi connectivity index (χ4v) is 3.82. The molecule has 1 amide bonds. The highest BCUT2D eigenvalue weighted by molar-refractivity contribution is 9.10. The first-order chi connectivity index (χ1) is 16.5. The Labute approximate surface area is 209 Å². The quantitative estimate of drug-likeness (QED) is 0.240. The van der Waals surface area contributed by atoms with E-state index >= 15 is 0 Å². The Morgan fingerprint density at radius 2 is 1.71 bits per heavy atom. The molecule has 0 aliphatic heterocycles. The molecule has 0 bridgehead atoms. The normalized spacial score (nSPS) is 12.2. The summed E-state index contributed by atoms with van der Waals surface area (Å²) in [6.45, 7) is 5.91. The largest absolute Gasteiger partial charge is 0.416 e. The Balaban J connectivity index is 1.84. The minimum Gasteiger partial charge on any atom is -0.410 e. The molecule has 0 saturated heterocycles. The smallest absolute Gasteiger partial charge is 0.410 e. The number of carbonyl (C=O) groups excluding carboxylic acids is 1. The third-order valence-electron chi connectivity index (χ3n) is 5.49. The van der Waals surface area contributed by atoms with Crippen LogP contribution in [0.15, 0.2) is 77.8 Å². The predicted octanol–water partition coefficient (Wildman–Crippen LogP) is 7.85. The molecule has 2 N–H and O–H groups in total. The van der Waals surface area contributed by atoms with Gasteiger partial charge in [0.25, 0.3) is 0 Å². The second-order valence-corrected chi connectivity index (χ2v) is 8.81. The number of amides is 1. The number of alkyl halides is 3. The van der Waals surface area contributed by atoms with E-state index in [1.54, 1.807) is 19.1 Å². The highest BCUT2D eigenvalue weighted by Gasteiger charge is 2.31. The van der Waals surface area contributed by atoms with Crippen molar-refractivity contribution < 1.29 is 27.1 Å². The van der Waals surface area contributed by atoms with Crippen LogP contribution in [0.2, 0.25) is 0 Å². The Bertz CT molecular complexity index is 1200. The summed E-state index contributed by atoms with van der Waals surface area (Å²) >= 11 is 3.40. The van der Waals surface area contributed by atoms with Gasteiger partial charge in [0.2, 0.25) is 0 Å². The molecular weight excluding hydrogens is 528 g/mol. The SMILES string of the molecule is C=C(CCN(C(=O)Oc1ccc(F)cc1)C(C)c1ccc(C(F)(F)F)cc1)c1cc(Br)ccc1N. The predicted molar refractivity (Wildman–Crippen MR) is 131 cm³/mol. The molecule has 3 rings (SSSR count). The van der Waals surface area contributed by atoms with Gasteiger partial charge in [0, 0.05) is 22.3 Å². The molecule has 0 fully saturated rings. The number of nitrogen functional groups attached to an aromatic ring is 1. The number of halogens is 5. The Hall–Kier alpha value is -3.33. The minimum absolute atomic E-state index is 0.135. The van der Waals surface area contributed by atoms with Gasteiger partial charge in [-0.2, -0.15) is 13.2 Å². The fourth-order valence-electron chi connectivity index (χ4n) is 3.46. The molecule has 1 unspecified atom stereocenters. The van der Waals surface area contributed by atoms with Crippen LogP contribution in [0.25, 0.3) is 5.57 Å². The molecule has 9 heteroatoms. The van der Waals surface area contributed by atoms with Gasteiger partial charge in [-0.15, -0.1) is 0 Å². The van der Waals surface area contributed by atoms with Crippen molar-refractivity contribution in [2.75, 3.05) is 12.3 Å². The average molecular weight is 551 g/mol. The number of hydrogen-bond acceptors (Lipinski definition) is 3. The van der Waals surface area contributed by atoms with Crippen molar-refractivity contribution >= 4 is 33.3 Å². The molecule has 0 radical (unpaired) electrons. The lowest BCUT2D eigenvalue weighted by Crippen LogP contribution is -2.36. The van der Waals surface area contributed by atoms with E-state index in [4.69, 9.17) is 10.5 Å². The van der Waals surface area contributed by atoms with Crippen molar-refractivity contribution in [2.45, 2.75) is 25.6 Å². The van der Waals surface area contributed by atoms with E-state index in [-0.39, 0.29) is 12.3 Å². The Kier molecular flexibility index (Phi) is 8.22. The average Bonchev–Trinajstić information content (AvgIpc) is 2.81. The summed E-state index contributed by atoms with van der Waals surface area (Å²) < 4.78 is 58.4. The monoisotopic (exact) mass is 550 g/mol. The van der Waals surface area contributed by atoms with Crippen LogP contribution in [-0.2, 0) is 6.18 Å². The number of nitrogens with two attached hydrogens (primary N) is 1. The van der Waals surface area contributed by atoms with Crippen LogP contribution in [0.5, 0.6) is 5.75 Å². The van der Waals surface area contributed by atoms with Crippen LogP contribution >= 0.6 is 15.9 Å². The second kappa shape index (κ2) is 10.9. The first-order valence-corrected chi connectivity index (χ1v) is 11.4. The van der Waals surface area contributed by atoms with Gasteiger partial charge in [-0.1, -0.05) is 34.6 Å². The molecule has 1 atom stereocenters. The van der Waals surface area contributed by atoms with E-state index in [1.165, 1.54) is 29.2 Å². The number of ether oxygens (including phenoxy) is 1. The van der Waals surface area contributed by atoms with Crippen molar-refractivity contribution in [3.63, 3.8) is 0 Å². The van der Waals surface area contributed by atoms with Crippen molar-refractivity contribution in [2.24, 2.45) is 0 Å². The first-order valence-electron chi connectivity index (χ1n) is 10.6. The van der Waals surface area contributed by atoms with Crippen molar-refractivity contribution in [3.8, 4) is 5.75 Å². The van der Waals surface area contributed by atoms with Gasteiger partial charge in [0.1, 0.15) is 11.6 Å². The van der Waals surface area contributed by atoms with Crippen LogP contribution in [0.1, 0.15) is 36.1 Å². The summed E-state index contributed by atoms with van der Waals surface area (Å²) in [7, 11) is 0. The van der Waals surface area contributed by atoms with Crippen LogP contribution < -0.4 is 10.5 Å². The van der Waals surface area contributed by atoms with E-state index in [0.29, 0.717) is 28.8 Å². The molecule has 0 saturated carbocycles. The topological polar surface area (TPSA) is 55.6 Å². The molecule has 0 aliphatic carbocycles. The van der Waals surface area contributed by atoms with Crippen LogP contribution in [0.3, 0.4) is 0 Å². The summed E-state index contributed by atoms with van der Waals surface area (Å²) in [4.78, 5) is 14.5. The molecule has 0 heterocycles. The third-order valence-corrected chi connectivity index (χ3v) is 5.99. The maximum Gasteiger partial charge on any atom is 0.416 e. The fraction of sp³-hybridized carbons (Fsp3) is 0.192. The summed E-state index contributed by atoms with van der Waals surface area (Å²) in [5, 5.41) is 0. The van der Waals surface area contributed by atoms with Gasteiger partial charge in [0.15, 0.2) is 0 Å². The molecule has 0 spiro atoms. The standard InChI is InChI=1S/C26H23BrF4N2O2/c1-16(23-15-20(27)7-12-24(23)32)13-14-33(25(34)35-22-10-8-21(28)9-11-22)17(2)18-3-5-19(6-4-18)26(29,30)31/h3-12,15,17H,1,13-14,32H2,2H3. The number of rotatable bonds is 7. The maximum atomic E-state index is 13.2. The van der Waals surface area contributed by atoms with Crippen molar-refractivity contribution in [1.82, 2.24) is 4.90 Å². The molecule has 3 aromatic rings. The van der Waals surface area contributed by atoms with Crippen LogP contribution in [-0.4, -0.2) is 17.5 Å².